The van der Waals surface area contributed by atoms with Gasteiger partial charge in [-0.3, -0.25) is 4.79 Å². The van der Waals surface area contributed by atoms with Crippen LogP contribution >= 0.6 is 0 Å². The van der Waals surface area contributed by atoms with Crippen LogP contribution in [0.5, 0.6) is 0 Å². The first-order valence-electron chi connectivity index (χ1n) is 7.60. The van der Waals surface area contributed by atoms with E-state index in [1.54, 1.807) is 12.1 Å². The lowest BCUT2D eigenvalue weighted by molar-refractivity contribution is 0.102. The van der Waals surface area contributed by atoms with E-state index in [4.69, 9.17) is 0 Å². The van der Waals surface area contributed by atoms with E-state index >= 15 is 0 Å². The van der Waals surface area contributed by atoms with Gasteiger partial charge in [0.25, 0.3) is 5.91 Å². The van der Waals surface area contributed by atoms with Crippen molar-refractivity contribution in [2.45, 2.75) is 26.7 Å². The van der Waals surface area contributed by atoms with Crippen molar-refractivity contribution in [3.05, 3.63) is 60.1 Å². The smallest absolute Gasteiger partial charge is 0.274 e. The van der Waals surface area contributed by atoms with Crippen LogP contribution in [0.4, 0.5) is 11.5 Å². The molecular weight excluding hydrogens is 288 g/mol. The maximum absolute atomic E-state index is 12.5. The topological polar surface area (TPSA) is 66.9 Å². The number of hydrogen-bond acceptors (Lipinski definition) is 4. The van der Waals surface area contributed by atoms with Crippen LogP contribution in [-0.2, 0) is 0 Å². The van der Waals surface area contributed by atoms with Crippen molar-refractivity contribution in [2.24, 2.45) is 0 Å². The van der Waals surface area contributed by atoms with Crippen LogP contribution in [0.2, 0.25) is 0 Å². The average molecular weight is 310 g/mol. The predicted molar refractivity (Wildman–Crippen MR) is 93.9 cm³/mol. The van der Waals surface area contributed by atoms with E-state index in [2.05, 4.69) is 41.0 Å². The normalized spacial score (nSPS) is 10.4. The van der Waals surface area contributed by atoms with E-state index in [0.29, 0.717) is 24.0 Å². The van der Waals surface area contributed by atoms with Gasteiger partial charge in [0.15, 0.2) is 0 Å². The Morgan fingerprint density at radius 1 is 1.35 bits per heavy atom. The quantitative estimate of drug-likeness (QED) is 0.797. The Kier molecular flexibility index (Phi) is 5.46. The zero-order valence-electron chi connectivity index (χ0n) is 13.8. The van der Waals surface area contributed by atoms with Crippen LogP contribution in [-0.4, -0.2) is 22.4 Å². The van der Waals surface area contributed by atoms with Crippen molar-refractivity contribution in [1.82, 2.24) is 9.97 Å². The Morgan fingerprint density at radius 2 is 2.13 bits per heavy atom. The van der Waals surface area contributed by atoms with Gasteiger partial charge in [0.05, 0.1) is 0 Å². The third kappa shape index (κ3) is 4.16. The van der Waals surface area contributed by atoms with Crippen molar-refractivity contribution >= 4 is 17.4 Å². The number of benzene rings is 1. The second kappa shape index (κ2) is 7.54. The molecule has 2 aromatic rings. The van der Waals surface area contributed by atoms with Gasteiger partial charge in [-0.2, -0.15) is 0 Å². The van der Waals surface area contributed by atoms with Crippen molar-refractivity contribution in [2.75, 3.05) is 17.2 Å². The zero-order chi connectivity index (χ0) is 16.8. The largest absolute Gasteiger partial charge is 0.366 e. The fraction of sp³-hybridized carbons (Fsp3) is 0.278. The minimum atomic E-state index is -0.245. The van der Waals surface area contributed by atoms with E-state index in [9.17, 15) is 4.79 Å². The molecule has 1 aromatic carbocycles. The summed E-state index contributed by atoms with van der Waals surface area (Å²) in [5, 5.41) is 6.03. The van der Waals surface area contributed by atoms with Crippen molar-refractivity contribution in [3.8, 4) is 0 Å². The molecule has 2 rings (SSSR count). The maximum atomic E-state index is 12.5. The van der Waals surface area contributed by atoms with Crippen LogP contribution in [0.15, 0.2) is 43.2 Å². The first-order chi connectivity index (χ1) is 11.0. The molecule has 0 aliphatic carbocycles. The lowest BCUT2D eigenvalue weighted by atomic mass is 9.98. The van der Waals surface area contributed by atoms with Crippen molar-refractivity contribution in [3.63, 3.8) is 0 Å². The van der Waals surface area contributed by atoms with Gasteiger partial charge in [-0.25, -0.2) is 9.97 Å². The molecule has 23 heavy (non-hydrogen) atoms. The minimum absolute atomic E-state index is 0.245. The number of carbonyl (C=O) groups is 1. The molecule has 1 aromatic heterocycles. The van der Waals surface area contributed by atoms with Gasteiger partial charge in [-0.15, -0.1) is 6.58 Å². The molecule has 0 aliphatic rings. The third-order valence-corrected chi connectivity index (χ3v) is 3.49. The summed E-state index contributed by atoms with van der Waals surface area (Å²) in [5.41, 5.74) is 3.32. The molecular formula is C18H22N4O. The lowest BCUT2D eigenvalue weighted by Gasteiger charge is -2.16. The van der Waals surface area contributed by atoms with Crippen molar-refractivity contribution < 1.29 is 4.79 Å². The number of aryl methyl sites for hydroxylation is 1. The number of amides is 1. The van der Waals surface area contributed by atoms with Crippen LogP contribution in [0.1, 0.15) is 41.4 Å². The Balaban J connectivity index is 2.24. The highest BCUT2D eigenvalue weighted by Crippen LogP contribution is 2.27. The summed E-state index contributed by atoms with van der Waals surface area (Å²) in [6, 6.07) is 7.65. The van der Waals surface area contributed by atoms with Crippen LogP contribution in [0.25, 0.3) is 0 Å². The molecule has 0 spiro atoms. The van der Waals surface area contributed by atoms with E-state index in [1.165, 1.54) is 6.33 Å². The number of para-hydroxylation sites is 1. The molecule has 1 heterocycles. The van der Waals surface area contributed by atoms with Crippen LogP contribution < -0.4 is 10.6 Å². The molecule has 0 fully saturated rings. The van der Waals surface area contributed by atoms with Gasteiger partial charge in [0.1, 0.15) is 17.8 Å². The molecule has 0 bridgehead atoms. The first kappa shape index (κ1) is 16.7. The van der Waals surface area contributed by atoms with E-state index in [-0.39, 0.29) is 5.91 Å². The lowest BCUT2D eigenvalue weighted by Crippen LogP contribution is -2.17. The van der Waals surface area contributed by atoms with E-state index in [0.717, 1.165) is 16.8 Å². The number of aromatic nitrogens is 2. The Bertz CT molecular complexity index is 710. The minimum Gasteiger partial charge on any atom is -0.366 e. The summed E-state index contributed by atoms with van der Waals surface area (Å²) < 4.78 is 0. The molecule has 0 saturated carbocycles. The fourth-order valence-corrected chi connectivity index (χ4v) is 2.27. The van der Waals surface area contributed by atoms with Gasteiger partial charge in [0.2, 0.25) is 0 Å². The zero-order valence-corrected chi connectivity index (χ0v) is 13.8. The molecule has 2 N–H and O–H groups in total. The molecule has 0 atom stereocenters. The Labute approximate surface area is 136 Å². The molecule has 0 unspecified atom stereocenters. The molecule has 5 nitrogen and oxygen atoms in total. The molecule has 5 heteroatoms. The highest BCUT2D eigenvalue weighted by atomic mass is 16.1. The summed E-state index contributed by atoms with van der Waals surface area (Å²) in [7, 11) is 0. The second-order valence-electron chi connectivity index (χ2n) is 5.61. The Morgan fingerprint density at radius 3 is 2.83 bits per heavy atom. The third-order valence-electron chi connectivity index (χ3n) is 3.49. The molecule has 0 aliphatic heterocycles. The Hall–Kier alpha value is -2.69. The standard InChI is InChI=1S/C18H22N4O/c1-5-9-19-16-10-15(20-11-21-16)18(23)22-17-13(4)7-6-8-14(17)12(2)3/h5-8,10-12H,1,9H2,2-4H3,(H,22,23)(H,19,20,21). The molecule has 0 saturated heterocycles. The molecule has 1 amide bonds. The van der Waals surface area contributed by atoms with E-state index < -0.39 is 0 Å². The number of anilines is 2. The van der Waals surface area contributed by atoms with Gasteiger partial charge in [-0.05, 0) is 24.0 Å². The van der Waals surface area contributed by atoms with Gasteiger partial charge < -0.3 is 10.6 Å². The first-order valence-corrected chi connectivity index (χ1v) is 7.60. The highest BCUT2D eigenvalue weighted by molar-refractivity contribution is 6.04. The monoisotopic (exact) mass is 310 g/mol. The van der Waals surface area contributed by atoms with Gasteiger partial charge in [-0.1, -0.05) is 38.1 Å². The number of hydrogen-bond donors (Lipinski definition) is 2. The SMILES string of the molecule is C=CCNc1cc(C(=O)Nc2c(C)cccc2C(C)C)ncn1. The van der Waals surface area contributed by atoms with E-state index in [1.807, 2.05) is 25.1 Å². The summed E-state index contributed by atoms with van der Waals surface area (Å²) in [6.45, 7) is 10.4. The number of nitrogens with one attached hydrogen (secondary N) is 2. The predicted octanol–water partition coefficient (Wildman–Crippen LogP) is 3.76. The summed E-state index contributed by atoms with van der Waals surface area (Å²) in [6.07, 6.45) is 3.10. The highest BCUT2D eigenvalue weighted by Gasteiger charge is 2.14. The summed E-state index contributed by atoms with van der Waals surface area (Å²) in [5.74, 6) is 0.671. The number of rotatable bonds is 6. The summed E-state index contributed by atoms with van der Waals surface area (Å²) >= 11 is 0. The average Bonchev–Trinajstić information content (AvgIpc) is 2.54. The van der Waals surface area contributed by atoms with Crippen LogP contribution in [0, 0.1) is 6.92 Å². The number of carbonyl (C=O) groups excluding carboxylic acids is 1. The summed E-state index contributed by atoms with van der Waals surface area (Å²) in [4.78, 5) is 20.7. The second-order valence-corrected chi connectivity index (χ2v) is 5.61. The maximum Gasteiger partial charge on any atom is 0.274 e. The molecule has 0 radical (unpaired) electrons. The number of nitrogens with zero attached hydrogens (tertiary/aromatic N) is 2. The van der Waals surface area contributed by atoms with Crippen LogP contribution in [0.3, 0.4) is 0 Å². The van der Waals surface area contributed by atoms with Gasteiger partial charge >= 0.3 is 0 Å². The fourth-order valence-electron chi connectivity index (χ4n) is 2.27. The van der Waals surface area contributed by atoms with Crippen molar-refractivity contribution in [1.29, 1.82) is 0 Å². The molecule has 120 valence electrons. The van der Waals surface area contributed by atoms with Gasteiger partial charge in [0, 0.05) is 18.3 Å².